The van der Waals surface area contributed by atoms with Gasteiger partial charge in [0.1, 0.15) is 23.3 Å². The standard InChI is InChI=1S/C24H28N6O4S/c1-30-12-10-26-11-13-33-14-15-34-21-5-3-2-4-19(21)29-24(31)22-23(25)27-16-20(28-22)17-6-8-18(9-7-17)35(30)32/h2-9,16,26H,10-15H2,1H3,(H2,25,27)(H,29,31). The zero-order valence-corrected chi connectivity index (χ0v) is 20.2. The van der Waals surface area contributed by atoms with E-state index in [0.29, 0.717) is 61.5 Å². The highest BCUT2D eigenvalue weighted by molar-refractivity contribution is 7.82. The first-order valence-electron chi connectivity index (χ1n) is 11.2. The number of nitrogens with two attached hydrogens (primary N) is 1. The van der Waals surface area contributed by atoms with E-state index in [0.717, 1.165) is 5.56 Å². The zero-order chi connectivity index (χ0) is 24.6. The number of ether oxygens (including phenoxy) is 2. The summed E-state index contributed by atoms with van der Waals surface area (Å²) >= 11 is 0. The molecule has 0 aliphatic carbocycles. The lowest BCUT2D eigenvalue weighted by Gasteiger charge is -2.17. The monoisotopic (exact) mass is 496 g/mol. The Bertz CT molecular complexity index is 1190. The first-order chi connectivity index (χ1) is 17.0. The largest absolute Gasteiger partial charge is 0.489 e. The molecular formula is C24H28N6O4S. The van der Waals surface area contributed by atoms with Gasteiger partial charge >= 0.3 is 0 Å². The third kappa shape index (κ3) is 6.40. The van der Waals surface area contributed by atoms with Crippen LogP contribution in [-0.2, 0) is 15.7 Å². The van der Waals surface area contributed by atoms with Crippen molar-refractivity contribution in [3.05, 3.63) is 60.4 Å². The molecule has 0 fully saturated rings. The van der Waals surface area contributed by atoms with Gasteiger partial charge in [0, 0.05) is 32.2 Å². The molecule has 0 saturated carbocycles. The second-order valence-corrected chi connectivity index (χ2v) is 9.37. The van der Waals surface area contributed by atoms with Crippen molar-refractivity contribution in [2.45, 2.75) is 4.90 Å². The number of aromatic nitrogens is 2. The van der Waals surface area contributed by atoms with Crippen LogP contribution in [0, 0.1) is 0 Å². The number of anilines is 2. The topological polar surface area (TPSA) is 132 Å². The van der Waals surface area contributed by atoms with E-state index in [2.05, 4.69) is 20.6 Å². The number of nitrogens with zero attached hydrogens (tertiary/aromatic N) is 3. The fourth-order valence-electron chi connectivity index (χ4n) is 3.41. The second-order valence-electron chi connectivity index (χ2n) is 7.78. The van der Waals surface area contributed by atoms with Crippen molar-refractivity contribution in [1.29, 1.82) is 0 Å². The lowest BCUT2D eigenvalue weighted by Crippen LogP contribution is -2.32. The number of fused-ring (bicyclic) bond motifs is 13. The molecule has 5 rings (SSSR count). The Kier molecular flexibility index (Phi) is 8.37. The molecule has 10 nitrogen and oxygen atoms in total. The van der Waals surface area contributed by atoms with Gasteiger partial charge in [-0.2, -0.15) is 0 Å². The minimum Gasteiger partial charge on any atom is -0.489 e. The van der Waals surface area contributed by atoms with Gasteiger partial charge in [0.15, 0.2) is 11.5 Å². The van der Waals surface area contributed by atoms with Gasteiger partial charge in [0.25, 0.3) is 5.91 Å². The van der Waals surface area contributed by atoms with Crippen LogP contribution in [0.4, 0.5) is 11.5 Å². The normalized spacial score (nSPS) is 18.4. The molecule has 1 unspecified atom stereocenters. The van der Waals surface area contributed by atoms with Crippen LogP contribution in [0.5, 0.6) is 5.75 Å². The maximum Gasteiger partial charge on any atom is 0.278 e. The van der Waals surface area contributed by atoms with E-state index in [1.807, 2.05) is 13.1 Å². The third-order valence-corrected chi connectivity index (χ3v) is 6.72. The minimum absolute atomic E-state index is 0.00247. The maximum atomic E-state index is 13.0. The van der Waals surface area contributed by atoms with E-state index in [1.165, 1.54) is 6.20 Å². The summed E-state index contributed by atoms with van der Waals surface area (Å²) in [6, 6.07) is 14.3. The van der Waals surface area contributed by atoms with Crippen LogP contribution in [0.15, 0.2) is 59.6 Å². The summed E-state index contributed by atoms with van der Waals surface area (Å²) in [7, 11) is 0.502. The number of rotatable bonds is 0. The Morgan fingerprint density at radius 3 is 2.69 bits per heavy atom. The number of benzene rings is 2. The summed E-state index contributed by atoms with van der Waals surface area (Å²) < 4.78 is 26.0. The Balaban J connectivity index is 1.62. The van der Waals surface area contributed by atoms with Gasteiger partial charge in [0.2, 0.25) is 0 Å². The fraction of sp³-hybridized carbons (Fsp3) is 0.292. The number of amides is 1. The van der Waals surface area contributed by atoms with E-state index in [4.69, 9.17) is 15.2 Å². The maximum absolute atomic E-state index is 13.0. The number of nitrogen functional groups attached to an aromatic ring is 1. The lowest BCUT2D eigenvalue weighted by molar-refractivity contribution is 0.101. The average Bonchev–Trinajstić information content (AvgIpc) is 2.88. The highest BCUT2D eigenvalue weighted by atomic mass is 32.2. The van der Waals surface area contributed by atoms with Gasteiger partial charge < -0.3 is 25.8 Å². The minimum atomic E-state index is -1.31. The first-order valence-corrected chi connectivity index (χ1v) is 12.3. The predicted molar refractivity (Wildman–Crippen MR) is 134 cm³/mol. The average molecular weight is 497 g/mol. The second kappa shape index (κ2) is 11.8. The van der Waals surface area contributed by atoms with Crippen LogP contribution in [0.2, 0.25) is 0 Å². The van der Waals surface area contributed by atoms with Crippen molar-refractivity contribution in [2.75, 3.05) is 57.6 Å². The molecule has 11 heteroatoms. The van der Waals surface area contributed by atoms with Crippen molar-refractivity contribution in [3.63, 3.8) is 0 Å². The van der Waals surface area contributed by atoms with Gasteiger partial charge in [-0.05, 0) is 24.3 Å². The van der Waals surface area contributed by atoms with Gasteiger partial charge in [-0.25, -0.2) is 18.5 Å². The van der Waals surface area contributed by atoms with E-state index < -0.39 is 16.9 Å². The molecule has 2 aliphatic rings. The summed E-state index contributed by atoms with van der Waals surface area (Å²) in [6.07, 6.45) is 1.51. The number of hydrogen-bond acceptors (Lipinski definition) is 8. The van der Waals surface area contributed by atoms with Gasteiger partial charge in [-0.3, -0.25) is 4.79 Å². The van der Waals surface area contributed by atoms with Crippen LogP contribution in [0.3, 0.4) is 0 Å². The molecule has 2 aromatic carbocycles. The lowest BCUT2D eigenvalue weighted by atomic mass is 10.1. The number of hydrogen-bond donors (Lipinski definition) is 3. The molecule has 1 aromatic heterocycles. The number of para-hydroxylation sites is 2. The third-order valence-electron chi connectivity index (χ3n) is 5.30. The molecule has 184 valence electrons. The number of nitrogens with one attached hydrogen (secondary N) is 2. The molecule has 3 aromatic rings. The summed E-state index contributed by atoms with van der Waals surface area (Å²) in [5.41, 5.74) is 7.66. The molecular weight excluding hydrogens is 468 g/mol. The van der Waals surface area contributed by atoms with E-state index >= 15 is 0 Å². The van der Waals surface area contributed by atoms with Gasteiger partial charge in [0.05, 0.1) is 35.7 Å². The Morgan fingerprint density at radius 1 is 1.06 bits per heavy atom. The van der Waals surface area contributed by atoms with Crippen molar-refractivity contribution in [2.24, 2.45) is 0 Å². The number of carbonyl (C=O) groups is 1. The molecule has 0 saturated heterocycles. The molecule has 4 bridgehead atoms. The fourth-order valence-corrected chi connectivity index (χ4v) is 4.39. The van der Waals surface area contributed by atoms with Crippen LogP contribution < -0.4 is 21.1 Å². The summed E-state index contributed by atoms with van der Waals surface area (Å²) in [5, 5.41) is 6.09. The summed E-state index contributed by atoms with van der Waals surface area (Å²) in [5.74, 6) is 0.0243. The molecule has 3 heterocycles. The zero-order valence-electron chi connectivity index (χ0n) is 19.4. The summed E-state index contributed by atoms with van der Waals surface area (Å²) in [4.78, 5) is 22.3. The van der Waals surface area contributed by atoms with Gasteiger partial charge in [-0.1, -0.05) is 24.3 Å². The van der Waals surface area contributed by atoms with E-state index in [-0.39, 0.29) is 11.5 Å². The van der Waals surface area contributed by atoms with Crippen LogP contribution in [0.25, 0.3) is 11.3 Å². The van der Waals surface area contributed by atoms with E-state index in [9.17, 15) is 9.00 Å². The highest BCUT2D eigenvalue weighted by Gasteiger charge is 2.17. The smallest absolute Gasteiger partial charge is 0.278 e. The van der Waals surface area contributed by atoms with Crippen LogP contribution >= 0.6 is 0 Å². The molecule has 1 amide bonds. The van der Waals surface area contributed by atoms with Crippen molar-refractivity contribution in [3.8, 4) is 17.0 Å². The first kappa shape index (κ1) is 24.7. The van der Waals surface area contributed by atoms with Gasteiger partial charge in [-0.15, -0.1) is 0 Å². The molecule has 35 heavy (non-hydrogen) atoms. The molecule has 0 spiro atoms. The van der Waals surface area contributed by atoms with Crippen molar-refractivity contribution < 1.29 is 18.5 Å². The van der Waals surface area contributed by atoms with E-state index in [1.54, 1.807) is 46.8 Å². The molecule has 4 N–H and O–H groups in total. The molecule has 1 atom stereocenters. The van der Waals surface area contributed by atoms with Crippen molar-refractivity contribution >= 4 is 28.4 Å². The predicted octanol–water partition coefficient (Wildman–Crippen LogP) is 1.93. The molecule has 0 radical (unpaired) electrons. The Labute approximate surface area is 206 Å². The Morgan fingerprint density at radius 2 is 1.86 bits per heavy atom. The van der Waals surface area contributed by atoms with Crippen LogP contribution in [-0.4, -0.2) is 70.9 Å². The molecule has 2 aliphatic heterocycles. The quantitative estimate of drug-likeness (QED) is 0.402. The number of likely N-dealkylation sites (N-methyl/N-ethyl adjacent to an activating group) is 1. The number of carbonyl (C=O) groups excluding carboxylic acids is 1. The SMILES string of the molecule is CN1CCNCCOCCOc2ccccc2NC(=O)c2nc(cnc2N)-c2ccc(cc2)S1=O. The van der Waals surface area contributed by atoms with Crippen LogP contribution in [0.1, 0.15) is 10.5 Å². The highest BCUT2D eigenvalue weighted by Crippen LogP contribution is 2.26. The summed E-state index contributed by atoms with van der Waals surface area (Å²) in [6.45, 7) is 3.19. The van der Waals surface area contributed by atoms with Crippen molar-refractivity contribution in [1.82, 2.24) is 19.6 Å². The Hall–Kier alpha value is -3.38.